The Bertz CT molecular complexity index is 557. The van der Waals surface area contributed by atoms with Gasteiger partial charge in [-0.1, -0.05) is 49.0 Å². The molecule has 0 bridgehead atoms. The average molecular weight is 411 g/mol. The van der Waals surface area contributed by atoms with E-state index < -0.39 is 0 Å². The Labute approximate surface area is 176 Å². The highest BCUT2D eigenvalue weighted by Crippen LogP contribution is 2.45. The van der Waals surface area contributed by atoms with E-state index in [2.05, 4.69) is 19.1 Å². The summed E-state index contributed by atoms with van der Waals surface area (Å²) in [5, 5.41) is 1.37. The van der Waals surface area contributed by atoms with Gasteiger partial charge >= 0.3 is 0 Å². The van der Waals surface area contributed by atoms with Crippen LogP contribution < -0.4 is 0 Å². The molecule has 2 aliphatic rings. The number of hydrogen-bond donors (Lipinski definition) is 0. The Morgan fingerprint density at radius 2 is 1.52 bits per heavy atom. The van der Waals surface area contributed by atoms with E-state index in [0.29, 0.717) is 16.0 Å². The van der Waals surface area contributed by atoms with E-state index in [1.165, 1.54) is 69.8 Å². The van der Waals surface area contributed by atoms with Crippen LogP contribution in [0.2, 0.25) is 10.0 Å². The highest BCUT2D eigenvalue weighted by molar-refractivity contribution is 6.42. The van der Waals surface area contributed by atoms with Crippen molar-refractivity contribution in [2.45, 2.75) is 83.5 Å². The standard InChI is InChI=1S/C24H36Cl2O/c1-2-15-27-16-3-4-18-5-7-19(8-6-18)20-9-11-21(12-10-20)22-13-14-23(25)24(26)17-22/h13-14,17-21H,2-12,15-16H2,1H3/t18-,19-,20-,21-. The van der Waals surface area contributed by atoms with Crippen molar-refractivity contribution in [3.63, 3.8) is 0 Å². The van der Waals surface area contributed by atoms with Gasteiger partial charge in [0.1, 0.15) is 0 Å². The Kier molecular flexibility index (Phi) is 8.81. The van der Waals surface area contributed by atoms with Gasteiger partial charge in [-0.2, -0.15) is 0 Å². The Morgan fingerprint density at radius 1 is 0.852 bits per heavy atom. The van der Waals surface area contributed by atoms with Crippen LogP contribution >= 0.6 is 23.2 Å². The Morgan fingerprint density at radius 3 is 2.15 bits per heavy atom. The molecule has 0 aliphatic heterocycles. The minimum atomic E-state index is 0.669. The van der Waals surface area contributed by atoms with Gasteiger partial charge in [0.25, 0.3) is 0 Å². The molecule has 0 heterocycles. The van der Waals surface area contributed by atoms with Crippen molar-refractivity contribution < 1.29 is 4.74 Å². The second kappa shape index (κ2) is 11.1. The molecule has 1 nitrogen and oxygen atoms in total. The van der Waals surface area contributed by atoms with Crippen LogP contribution in [-0.2, 0) is 4.74 Å². The van der Waals surface area contributed by atoms with E-state index in [1.807, 2.05) is 6.07 Å². The molecule has 0 amide bonds. The van der Waals surface area contributed by atoms with Gasteiger partial charge in [-0.05, 0) is 99.2 Å². The molecule has 0 unspecified atom stereocenters. The summed E-state index contributed by atoms with van der Waals surface area (Å²) in [5.74, 6) is 3.57. The summed E-state index contributed by atoms with van der Waals surface area (Å²) in [4.78, 5) is 0. The molecule has 0 radical (unpaired) electrons. The third-order valence-corrected chi connectivity index (χ3v) is 7.73. The number of benzene rings is 1. The predicted octanol–water partition coefficient (Wildman–Crippen LogP) is 8.28. The summed E-state index contributed by atoms with van der Waals surface area (Å²) in [6.45, 7) is 4.07. The molecular formula is C24H36Cl2O. The van der Waals surface area contributed by atoms with Gasteiger partial charge in [0.15, 0.2) is 0 Å². The highest BCUT2D eigenvalue weighted by Gasteiger charge is 2.31. The Hall–Kier alpha value is -0.240. The molecular weight excluding hydrogens is 375 g/mol. The second-order valence-corrected chi connectivity index (χ2v) is 9.64. The summed E-state index contributed by atoms with van der Waals surface area (Å²) in [6, 6.07) is 6.22. The van der Waals surface area contributed by atoms with Crippen molar-refractivity contribution in [2.75, 3.05) is 13.2 Å². The Balaban J connectivity index is 1.36. The molecule has 3 heteroatoms. The third-order valence-electron chi connectivity index (χ3n) is 6.99. The van der Waals surface area contributed by atoms with Gasteiger partial charge in [-0.15, -0.1) is 0 Å². The van der Waals surface area contributed by atoms with E-state index in [-0.39, 0.29) is 0 Å². The van der Waals surface area contributed by atoms with Crippen molar-refractivity contribution in [1.82, 2.24) is 0 Å². The molecule has 27 heavy (non-hydrogen) atoms. The van der Waals surface area contributed by atoms with Gasteiger partial charge in [0.05, 0.1) is 10.0 Å². The summed E-state index contributed by atoms with van der Waals surface area (Å²) in [5.41, 5.74) is 1.39. The minimum absolute atomic E-state index is 0.669. The monoisotopic (exact) mass is 410 g/mol. The van der Waals surface area contributed by atoms with Crippen molar-refractivity contribution in [2.24, 2.45) is 17.8 Å². The highest BCUT2D eigenvalue weighted by atomic mass is 35.5. The lowest BCUT2D eigenvalue weighted by Gasteiger charge is -2.38. The van der Waals surface area contributed by atoms with E-state index in [1.54, 1.807) is 0 Å². The van der Waals surface area contributed by atoms with Crippen molar-refractivity contribution >= 4 is 23.2 Å². The maximum absolute atomic E-state index is 6.22. The first-order valence-corrected chi connectivity index (χ1v) is 12.0. The molecule has 0 saturated heterocycles. The van der Waals surface area contributed by atoms with Crippen LogP contribution in [0.4, 0.5) is 0 Å². The summed E-state index contributed by atoms with van der Waals surface area (Å²) < 4.78 is 5.63. The largest absolute Gasteiger partial charge is 0.381 e. The van der Waals surface area contributed by atoms with Crippen molar-refractivity contribution in [1.29, 1.82) is 0 Å². The van der Waals surface area contributed by atoms with Crippen LogP contribution in [0.25, 0.3) is 0 Å². The number of rotatable bonds is 8. The fourth-order valence-corrected chi connectivity index (χ4v) is 5.67. The molecule has 2 fully saturated rings. The van der Waals surface area contributed by atoms with Crippen LogP contribution in [0.3, 0.4) is 0 Å². The third kappa shape index (κ3) is 6.38. The van der Waals surface area contributed by atoms with Crippen LogP contribution in [-0.4, -0.2) is 13.2 Å². The topological polar surface area (TPSA) is 9.23 Å². The first kappa shape index (κ1) is 21.5. The van der Waals surface area contributed by atoms with Crippen LogP contribution in [0.5, 0.6) is 0 Å². The molecule has 3 rings (SSSR count). The number of ether oxygens (including phenoxy) is 1. The zero-order chi connectivity index (χ0) is 19.1. The molecule has 0 N–H and O–H groups in total. The fraction of sp³-hybridized carbons (Fsp3) is 0.750. The van der Waals surface area contributed by atoms with Crippen molar-refractivity contribution in [3.8, 4) is 0 Å². The smallest absolute Gasteiger partial charge is 0.0595 e. The lowest BCUT2D eigenvalue weighted by Crippen LogP contribution is -2.25. The quantitative estimate of drug-likeness (QED) is 0.391. The van der Waals surface area contributed by atoms with Gasteiger partial charge in [0, 0.05) is 13.2 Å². The predicted molar refractivity (Wildman–Crippen MR) is 117 cm³/mol. The van der Waals surface area contributed by atoms with Crippen LogP contribution in [0.1, 0.15) is 89.0 Å². The van der Waals surface area contributed by atoms with E-state index in [4.69, 9.17) is 27.9 Å². The zero-order valence-electron chi connectivity index (χ0n) is 16.9. The van der Waals surface area contributed by atoms with Gasteiger partial charge < -0.3 is 4.74 Å². The summed E-state index contributed by atoms with van der Waals surface area (Å²) >= 11 is 12.3. The molecule has 1 aromatic rings. The van der Waals surface area contributed by atoms with E-state index >= 15 is 0 Å². The SMILES string of the molecule is CCCOCCC[C@H]1CC[C@H]([C@H]2CC[C@H](c3ccc(Cl)c(Cl)c3)CC2)CC1. The summed E-state index contributed by atoms with van der Waals surface area (Å²) in [7, 11) is 0. The first-order chi connectivity index (χ1) is 13.2. The number of halogens is 2. The molecule has 152 valence electrons. The average Bonchev–Trinajstić information content (AvgIpc) is 2.71. The molecule has 0 spiro atoms. The zero-order valence-corrected chi connectivity index (χ0v) is 18.4. The molecule has 2 saturated carbocycles. The van der Waals surface area contributed by atoms with Crippen LogP contribution in [0, 0.1) is 17.8 Å². The second-order valence-electron chi connectivity index (χ2n) is 8.82. The van der Waals surface area contributed by atoms with Crippen molar-refractivity contribution in [3.05, 3.63) is 33.8 Å². The minimum Gasteiger partial charge on any atom is -0.381 e. The molecule has 2 aliphatic carbocycles. The lowest BCUT2D eigenvalue weighted by atomic mass is 9.68. The van der Waals surface area contributed by atoms with Crippen LogP contribution in [0.15, 0.2) is 18.2 Å². The summed E-state index contributed by atoms with van der Waals surface area (Å²) in [6.07, 6.45) is 15.0. The lowest BCUT2D eigenvalue weighted by molar-refractivity contribution is 0.117. The molecule has 0 aromatic heterocycles. The normalized spacial score (nSPS) is 29.0. The van der Waals surface area contributed by atoms with E-state index in [0.717, 1.165) is 37.4 Å². The molecule has 1 aromatic carbocycles. The number of hydrogen-bond acceptors (Lipinski definition) is 1. The van der Waals surface area contributed by atoms with Gasteiger partial charge in [-0.25, -0.2) is 0 Å². The van der Waals surface area contributed by atoms with E-state index in [9.17, 15) is 0 Å². The maximum atomic E-state index is 6.22. The molecule has 0 atom stereocenters. The van der Waals surface area contributed by atoms with Gasteiger partial charge in [-0.3, -0.25) is 0 Å². The fourth-order valence-electron chi connectivity index (χ4n) is 5.36. The first-order valence-electron chi connectivity index (χ1n) is 11.2. The van der Waals surface area contributed by atoms with Gasteiger partial charge in [0.2, 0.25) is 0 Å². The maximum Gasteiger partial charge on any atom is 0.0595 e.